The molecule has 1 aromatic heterocycles. The standard InChI is InChI=1S/C29H38N4O/c1-32(2)24-17-11-12-21(20-24)27-31-25-18-9-10-19-26(25)33(27)29(28(30)34,22-13-5-3-6-14-22)23-15-7-4-8-16-23/h9-12,17-20,22-23H,3-8,13-16H2,1-2H3,(H2,30,34). The Bertz CT molecular complexity index is 1130. The number of carbonyl (C=O) groups is 1. The van der Waals surface area contributed by atoms with Gasteiger partial charge in [0.05, 0.1) is 11.0 Å². The summed E-state index contributed by atoms with van der Waals surface area (Å²) < 4.78 is 2.31. The predicted molar refractivity (Wildman–Crippen MR) is 140 cm³/mol. The molecular weight excluding hydrogens is 420 g/mol. The van der Waals surface area contributed by atoms with Gasteiger partial charge in [0.15, 0.2) is 0 Å². The Hall–Kier alpha value is -2.82. The molecule has 0 radical (unpaired) electrons. The molecule has 2 saturated carbocycles. The molecule has 2 N–H and O–H groups in total. The van der Waals surface area contributed by atoms with Gasteiger partial charge in [-0.3, -0.25) is 4.79 Å². The lowest BCUT2D eigenvalue weighted by Crippen LogP contribution is -2.58. The molecule has 0 aliphatic heterocycles. The molecule has 0 saturated heterocycles. The summed E-state index contributed by atoms with van der Waals surface area (Å²) in [6.45, 7) is 0. The molecule has 5 rings (SSSR count). The second-order valence-corrected chi connectivity index (χ2v) is 10.6. The summed E-state index contributed by atoms with van der Waals surface area (Å²) >= 11 is 0. The van der Waals surface area contributed by atoms with E-state index in [-0.39, 0.29) is 17.7 Å². The van der Waals surface area contributed by atoms with Crippen LogP contribution in [0.4, 0.5) is 5.69 Å². The van der Waals surface area contributed by atoms with E-state index in [1.807, 2.05) is 6.07 Å². The highest BCUT2D eigenvalue weighted by Crippen LogP contribution is 2.50. The van der Waals surface area contributed by atoms with E-state index in [0.717, 1.165) is 53.8 Å². The first kappa shape index (κ1) is 22.9. The number of primary amides is 1. The summed E-state index contributed by atoms with van der Waals surface area (Å²) in [6, 6.07) is 16.8. The summed E-state index contributed by atoms with van der Waals surface area (Å²) in [4.78, 5) is 21.2. The quantitative estimate of drug-likeness (QED) is 0.485. The van der Waals surface area contributed by atoms with Crippen LogP contribution in [0.5, 0.6) is 0 Å². The van der Waals surface area contributed by atoms with Crippen LogP contribution in [0.15, 0.2) is 48.5 Å². The Labute approximate surface area is 203 Å². The van der Waals surface area contributed by atoms with Crippen LogP contribution in [0.25, 0.3) is 22.4 Å². The molecule has 2 aliphatic carbocycles. The minimum absolute atomic E-state index is 0.167. The molecule has 1 heterocycles. The average Bonchev–Trinajstić information content (AvgIpc) is 3.26. The van der Waals surface area contributed by atoms with Crippen molar-refractivity contribution in [2.45, 2.75) is 69.7 Å². The van der Waals surface area contributed by atoms with Crippen LogP contribution in [0.3, 0.4) is 0 Å². The number of hydrogen-bond acceptors (Lipinski definition) is 3. The first-order valence-electron chi connectivity index (χ1n) is 13.1. The van der Waals surface area contributed by atoms with Crippen molar-refractivity contribution in [2.24, 2.45) is 17.6 Å². The SMILES string of the molecule is CN(C)c1cccc(-c2nc3ccccc3n2C(C(N)=O)(C2CCCCC2)C2CCCCC2)c1. The topological polar surface area (TPSA) is 64.2 Å². The Kier molecular flexibility index (Phi) is 6.37. The van der Waals surface area contributed by atoms with Crippen molar-refractivity contribution < 1.29 is 4.79 Å². The van der Waals surface area contributed by atoms with Crippen molar-refractivity contribution in [3.63, 3.8) is 0 Å². The van der Waals surface area contributed by atoms with Crippen LogP contribution < -0.4 is 10.6 Å². The first-order chi connectivity index (χ1) is 16.5. The van der Waals surface area contributed by atoms with Crippen LogP contribution in [-0.2, 0) is 10.3 Å². The normalized spacial score (nSPS) is 18.3. The van der Waals surface area contributed by atoms with Crippen molar-refractivity contribution in [3.8, 4) is 11.4 Å². The van der Waals surface area contributed by atoms with Gasteiger partial charge in [0.25, 0.3) is 0 Å². The highest BCUT2D eigenvalue weighted by molar-refractivity contribution is 5.90. The Balaban J connectivity index is 1.82. The molecule has 34 heavy (non-hydrogen) atoms. The highest BCUT2D eigenvalue weighted by atomic mass is 16.1. The van der Waals surface area contributed by atoms with E-state index in [0.29, 0.717) is 0 Å². The van der Waals surface area contributed by atoms with E-state index >= 15 is 0 Å². The monoisotopic (exact) mass is 458 g/mol. The van der Waals surface area contributed by atoms with E-state index < -0.39 is 5.54 Å². The Morgan fingerprint density at radius 2 is 1.53 bits per heavy atom. The van der Waals surface area contributed by atoms with E-state index in [1.54, 1.807) is 0 Å². The van der Waals surface area contributed by atoms with E-state index in [9.17, 15) is 4.79 Å². The number of carbonyl (C=O) groups excluding carboxylic acids is 1. The van der Waals surface area contributed by atoms with Gasteiger partial charge in [0, 0.05) is 25.3 Å². The summed E-state index contributed by atoms with van der Waals surface area (Å²) in [5.74, 6) is 1.20. The predicted octanol–water partition coefficient (Wildman–Crippen LogP) is 6.11. The van der Waals surface area contributed by atoms with E-state index in [4.69, 9.17) is 10.7 Å². The summed E-state index contributed by atoms with van der Waals surface area (Å²) in [5, 5.41) is 0. The second-order valence-electron chi connectivity index (χ2n) is 10.6. The number of hydrogen-bond donors (Lipinski definition) is 1. The zero-order valence-corrected chi connectivity index (χ0v) is 20.7. The van der Waals surface area contributed by atoms with Gasteiger partial charge >= 0.3 is 0 Å². The molecule has 0 atom stereocenters. The van der Waals surface area contributed by atoms with Crippen LogP contribution in [0.2, 0.25) is 0 Å². The zero-order chi connectivity index (χ0) is 23.7. The van der Waals surface area contributed by atoms with Crippen molar-refractivity contribution in [1.82, 2.24) is 9.55 Å². The van der Waals surface area contributed by atoms with Crippen LogP contribution >= 0.6 is 0 Å². The molecule has 0 unspecified atom stereocenters. The van der Waals surface area contributed by atoms with Crippen molar-refractivity contribution in [3.05, 3.63) is 48.5 Å². The second kappa shape index (κ2) is 9.44. The van der Waals surface area contributed by atoms with Gasteiger partial charge in [-0.25, -0.2) is 4.98 Å². The maximum atomic E-state index is 13.9. The summed E-state index contributed by atoms with van der Waals surface area (Å²) in [5.41, 5.74) is 9.92. The summed E-state index contributed by atoms with van der Waals surface area (Å²) in [6.07, 6.45) is 11.4. The highest BCUT2D eigenvalue weighted by Gasteiger charge is 2.53. The fourth-order valence-electron chi connectivity index (χ4n) is 6.81. The van der Waals surface area contributed by atoms with Crippen LogP contribution in [0.1, 0.15) is 64.2 Å². The first-order valence-corrected chi connectivity index (χ1v) is 13.1. The Morgan fingerprint density at radius 1 is 0.912 bits per heavy atom. The molecule has 5 heteroatoms. The molecular formula is C29H38N4O. The maximum Gasteiger partial charge on any atom is 0.244 e. The number of rotatable bonds is 6. The molecule has 2 fully saturated rings. The molecule has 2 aromatic carbocycles. The number of fused-ring (bicyclic) bond motifs is 1. The van der Waals surface area contributed by atoms with Gasteiger partial charge in [-0.2, -0.15) is 0 Å². The molecule has 3 aromatic rings. The molecule has 2 aliphatic rings. The smallest absolute Gasteiger partial charge is 0.244 e. The minimum atomic E-state index is -0.750. The third kappa shape index (κ3) is 3.79. The lowest BCUT2D eigenvalue weighted by molar-refractivity contribution is -0.135. The minimum Gasteiger partial charge on any atom is -0.378 e. The van der Waals surface area contributed by atoms with Crippen LogP contribution in [0, 0.1) is 11.8 Å². The molecule has 5 nitrogen and oxygen atoms in total. The van der Waals surface area contributed by atoms with Gasteiger partial charge in [-0.1, -0.05) is 62.8 Å². The van der Waals surface area contributed by atoms with Crippen molar-refractivity contribution >= 4 is 22.6 Å². The van der Waals surface area contributed by atoms with E-state index in [2.05, 4.69) is 66.0 Å². The number of aromatic nitrogens is 2. The maximum absolute atomic E-state index is 13.9. The van der Waals surface area contributed by atoms with Gasteiger partial charge in [-0.05, 0) is 61.8 Å². The number of nitrogens with zero attached hydrogens (tertiary/aromatic N) is 3. The van der Waals surface area contributed by atoms with Crippen molar-refractivity contribution in [1.29, 1.82) is 0 Å². The number of para-hydroxylation sites is 2. The number of benzene rings is 2. The molecule has 0 bridgehead atoms. The average molecular weight is 459 g/mol. The molecule has 0 spiro atoms. The largest absolute Gasteiger partial charge is 0.378 e. The Morgan fingerprint density at radius 3 is 2.12 bits per heavy atom. The molecule has 1 amide bonds. The number of anilines is 1. The lowest BCUT2D eigenvalue weighted by Gasteiger charge is -2.48. The number of imidazole rings is 1. The lowest BCUT2D eigenvalue weighted by atomic mass is 9.63. The van der Waals surface area contributed by atoms with E-state index in [1.165, 1.54) is 38.5 Å². The number of amides is 1. The third-order valence-corrected chi connectivity index (χ3v) is 8.40. The third-order valence-electron chi connectivity index (χ3n) is 8.40. The summed E-state index contributed by atoms with van der Waals surface area (Å²) in [7, 11) is 4.11. The van der Waals surface area contributed by atoms with Gasteiger partial charge < -0.3 is 15.2 Å². The number of nitrogens with two attached hydrogens (primary N) is 1. The fourth-order valence-corrected chi connectivity index (χ4v) is 6.81. The van der Waals surface area contributed by atoms with Gasteiger partial charge in [0.2, 0.25) is 5.91 Å². The molecule has 180 valence electrons. The zero-order valence-electron chi connectivity index (χ0n) is 20.7. The van der Waals surface area contributed by atoms with Crippen LogP contribution in [-0.4, -0.2) is 29.6 Å². The fraction of sp³-hybridized carbons (Fsp3) is 0.517. The van der Waals surface area contributed by atoms with Crippen molar-refractivity contribution in [2.75, 3.05) is 19.0 Å². The van der Waals surface area contributed by atoms with Gasteiger partial charge in [-0.15, -0.1) is 0 Å². The van der Waals surface area contributed by atoms with Gasteiger partial charge in [0.1, 0.15) is 11.4 Å².